The van der Waals surface area contributed by atoms with Crippen LogP contribution >= 0.6 is 0 Å². The third kappa shape index (κ3) is 3.03. The molecule has 1 fully saturated rings. The molecule has 1 aliphatic heterocycles. The number of nitrogens with zero attached hydrogens (tertiary/aromatic N) is 1. The molecule has 1 aromatic carbocycles. The summed E-state index contributed by atoms with van der Waals surface area (Å²) in [7, 11) is 1.77. The molecule has 0 atom stereocenters. The van der Waals surface area contributed by atoms with Crippen LogP contribution in [0.15, 0.2) is 12.1 Å². The molecule has 1 saturated heterocycles. The van der Waals surface area contributed by atoms with E-state index in [9.17, 15) is 0 Å². The molecular weight excluding hydrogens is 224 g/mol. The molecule has 1 aliphatic rings. The fourth-order valence-corrected chi connectivity index (χ4v) is 2.54. The monoisotopic (exact) mass is 248 g/mol. The minimum Gasteiger partial charge on any atom is -0.496 e. The van der Waals surface area contributed by atoms with E-state index in [1.54, 1.807) is 7.11 Å². The Labute approximate surface area is 110 Å². The van der Waals surface area contributed by atoms with Crippen LogP contribution in [0.5, 0.6) is 5.75 Å². The van der Waals surface area contributed by atoms with E-state index in [0.29, 0.717) is 0 Å². The smallest absolute Gasteiger partial charge is 0.125 e. The standard InChI is InChI=1S/C15H24N2O/c1-12-4-5-14(15(18-3)13(12)2)6-9-17-10-7-16-8-11-17/h4-5,16H,6-11H2,1-3H3. The summed E-state index contributed by atoms with van der Waals surface area (Å²) >= 11 is 0. The van der Waals surface area contributed by atoms with Gasteiger partial charge in [-0.25, -0.2) is 0 Å². The Hall–Kier alpha value is -1.06. The zero-order valence-corrected chi connectivity index (χ0v) is 11.8. The number of nitrogens with one attached hydrogen (secondary N) is 1. The highest BCUT2D eigenvalue weighted by Gasteiger charge is 2.12. The Morgan fingerprint density at radius 2 is 1.94 bits per heavy atom. The fraction of sp³-hybridized carbons (Fsp3) is 0.600. The molecule has 18 heavy (non-hydrogen) atoms. The Kier molecular flexibility index (Phi) is 4.61. The second-order valence-electron chi connectivity index (χ2n) is 5.04. The maximum Gasteiger partial charge on any atom is 0.125 e. The first-order chi connectivity index (χ1) is 8.72. The summed E-state index contributed by atoms with van der Waals surface area (Å²) in [6, 6.07) is 4.41. The van der Waals surface area contributed by atoms with Crippen molar-refractivity contribution >= 4 is 0 Å². The average molecular weight is 248 g/mol. The summed E-state index contributed by atoms with van der Waals surface area (Å²) < 4.78 is 5.57. The quantitative estimate of drug-likeness (QED) is 0.879. The first-order valence-electron chi connectivity index (χ1n) is 6.78. The zero-order chi connectivity index (χ0) is 13.0. The minimum atomic E-state index is 1.07. The van der Waals surface area contributed by atoms with Crippen molar-refractivity contribution in [3.63, 3.8) is 0 Å². The molecule has 1 heterocycles. The summed E-state index contributed by atoms with van der Waals surface area (Å²) in [6.45, 7) is 9.95. The Bertz CT molecular complexity index is 398. The number of aryl methyl sites for hydroxylation is 1. The van der Waals surface area contributed by atoms with Gasteiger partial charge in [-0.1, -0.05) is 12.1 Å². The van der Waals surface area contributed by atoms with Crippen molar-refractivity contribution in [1.82, 2.24) is 10.2 Å². The van der Waals surface area contributed by atoms with Gasteiger partial charge >= 0.3 is 0 Å². The largest absolute Gasteiger partial charge is 0.496 e. The van der Waals surface area contributed by atoms with E-state index in [1.165, 1.54) is 16.7 Å². The number of hydrogen-bond acceptors (Lipinski definition) is 3. The molecule has 0 unspecified atom stereocenters. The van der Waals surface area contributed by atoms with Crippen LogP contribution in [0.2, 0.25) is 0 Å². The van der Waals surface area contributed by atoms with Crippen LogP contribution in [0.4, 0.5) is 0 Å². The number of benzene rings is 1. The topological polar surface area (TPSA) is 24.5 Å². The van der Waals surface area contributed by atoms with E-state index in [1.807, 2.05) is 0 Å². The number of methoxy groups -OCH3 is 1. The van der Waals surface area contributed by atoms with Crippen LogP contribution in [0.1, 0.15) is 16.7 Å². The first-order valence-corrected chi connectivity index (χ1v) is 6.78. The van der Waals surface area contributed by atoms with Crippen LogP contribution in [-0.4, -0.2) is 44.7 Å². The van der Waals surface area contributed by atoms with Gasteiger partial charge < -0.3 is 15.0 Å². The number of hydrogen-bond donors (Lipinski definition) is 1. The normalized spacial score (nSPS) is 16.8. The molecule has 3 nitrogen and oxygen atoms in total. The van der Waals surface area contributed by atoms with Crippen molar-refractivity contribution in [2.24, 2.45) is 0 Å². The molecule has 1 N–H and O–H groups in total. The van der Waals surface area contributed by atoms with Crippen LogP contribution in [0.3, 0.4) is 0 Å². The third-order valence-corrected chi connectivity index (χ3v) is 3.87. The van der Waals surface area contributed by atoms with Crippen LogP contribution in [-0.2, 0) is 6.42 Å². The summed E-state index contributed by atoms with van der Waals surface area (Å²) in [6.07, 6.45) is 1.07. The highest BCUT2D eigenvalue weighted by molar-refractivity contribution is 5.45. The summed E-state index contributed by atoms with van der Waals surface area (Å²) in [4.78, 5) is 2.52. The second-order valence-corrected chi connectivity index (χ2v) is 5.04. The van der Waals surface area contributed by atoms with Gasteiger partial charge in [0.05, 0.1) is 7.11 Å². The minimum absolute atomic E-state index is 1.07. The lowest BCUT2D eigenvalue weighted by atomic mass is 10.0. The maximum absolute atomic E-state index is 5.57. The van der Waals surface area contributed by atoms with Gasteiger partial charge in [-0.2, -0.15) is 0 Å². The average Bonchev–Trinajstić information content (AvgIpc) is 2.41. The first kappa shape index (κ1) is 13.4. The van der Waals surface area contributed by atoms with E-state index in [0.717, 1.165) is 44.9 Å². The van der Waals surface area contributed by atoms with Gasteiger partial charge in [0.1, 0.15) is 5.75 Å². The highest BCUT2D eigenvalue weighted by Crippen LogP contribution is 2.26. The van der Waals surface area contributed by atoms with Crippen LogP contribution < -0.4 is 10.1 Å². The van der Waals surface area contributed by atoms with Crippen molar-refractivity contribution in [2.75, 3.05) is 39.8 Å². The number of rotatable bonds is 4. The van der Waals surface area contributed by atoms with E-state index in [-0.39, 0.29) is 0 Å². The zero-order valence-electron chi connectivity index (χ0n) is 11.8. The number of ether oxygens (including phenoxy) is 1. The van der Waals surface area contributed by atoms with Gasteiger partial charge in [-0.15, -0.1) is 0 Å². The van der Waals surface area contributed by atoms with Gasteiger partial charge in [0.25, 0.3) is 0 Å². The highest BCUT2D eigenvalue weighted by atomic mass is 16.5. The predicted molar refractivity (Wildman–Crippen MR) is 75.5 cm³/mol. The third-order valence-electron chi connectivity index (χ3n) is 3.87. The molecule has 0 spiro atoms. The van der Waals surface area contributed by atoms with E-state index >= 15 is 0 Å². The Balaban J connectivity index is 2.02. The molecule has 100 valence electrons. The summed E-state index contributed by atoms with van der Waals surface area (Å²) in [5.41, 5.74) is 3.91. The molecule has 0 radical (unpaired) electrons. The molecule has 0 saturated carbocycles. The predicted octanol–water partition coefficient (Wildman–Crippen LogP) is 1.76. The van der Waals surface area contributed by atoms with Crippen LogP contribution in [0, 0.1) is 13.8 Å². The molecule has 2 rings (SSSR count). The van der Waals surface area contributed by atoms with Crippen molar-refractivity contribution < 1.29 is 4.74 Å². The van der Waals surface area contributed by atoms with Crippen molar-refractivity contribution in [1.29, 1.82) is 0 Å². The molecule has 0 bridgehead atoms. The molecular formula is C15H24N2O. The molecule has 1 aromatic rings. The van der Waals surface area contributed by atoms with Gasteiger partial charge in [-0.05, 0) is 37.0 Å². The second kappa shape index (κ2) is 6.21. The van der Waals surface area contributed by atoms with Crippen molar-refractivity contribution in [3.8, 4) is 5.75 Å². The van der Waals surface area contributed by atoms with Gasteiger partial charge in [0.2, 0.25) is 0 Å². The van der Waals surface area contributed by atoms with Crippen molar-refractivity contribution in [3.05, 3.63) is 28.8 Å². The summed E-state index contributed by atoms with van der Waals surface area (Å²) in [5.74, 6) is 1.07. The lowest BCUT2D eigenvalue weighted by Gasteiger charge is -2.27. The molecule has 0 aliphatic carbocycles. The van der Waals surface area contributed by atoms with E-state index in [2.05, 4.69) is 36.2 Å². The molecule has 0 aromatic heterocycles. The SMILES string of the molecule is COc1c(CCN2CCNCC2)ccc(C)c1C. The number of piperazine rings is 1. The van der Waals surface area contributed by atoms with Crippen LogP contribution in [0.25, 0.3) is 0 Å². The Morgan fingerprint density at radius 1 is 1.22 bits per heavy atom. The lowest BCUT2D eigenvalue weighted by molar-refractivity contribution is 0.243. The van der Waals surface area contributed by atoms with E-state index < -0.39 is 0 Å². The maximum atomic E-state index is 5.57. The summed E-state index contributed by atoms with van der Waals surface area (Å²) in [5, 5.41) is 3.39. The Morgan fingerprint density at radius 3 is 2.61 bits per heavy atom. The van der Waals surface area contributed by atoms with Gasteiger partial charge in [-0.3, -0.25) is 0 Å². The fourth-order valence-electron chi connectivity index (χ4n) is 2.54. The van der Waals surface area contributed by atoms with E-state index in [4.69, 9.17) is 4.74 Å². The lowest BCUT2D eigenvalue weighted by Crippen LogP contribution is -2.44. The van der Waals surface area contributed by atoms with Crippen molar-refractivity contribution in [2.45, 2.75) is 20.3 Å². The van der Waals surface area contributed by atoms with Gasteiger partial charge in [0.15, 0.2) is 0 Å². The molecule has 3 heteroatoms. The molecule has 0 amide bonds. The van der Waals surface area contributed by atoms with Gasteiger partial charge in [0, 0.05) is 32.7 Å².